The fourth-order valence-corrected chi connectivity index (χ4v) is 6.78. The Morgan fingerprint density at radius 3 is 1.21 bits per heavy atom. The first-order valence-corrected chi connectivity index (χ1v) is 22.9. The van der Waals surface area contributed by atoms with Gasteiger partial charge in [0.15, 0.2) is 0 Å². The van der Waals surface area contributed by atoms with Crippen LogP contribution in [0, 0.1) is 0 Å². The number of carbonyl (C=O) groups excluding carboxylic acids is 1. The van der Waals surface area contributed by atoms with Crippen molar-refractivity contribution in [2.24, 2.45) is 0 Å². The van der Waals surface area contributed by atoms with Gasteiger partial charge in [0, 0.05) is 6.42 Å². The number of aliphatic hydroxyl groups is 2. The maximum Gasteiger partial charge on any atom is 0.220 e. The minimum atomic E-state index is -0.833. The molecule has 0 aromatic carbocycles. The lowest BCUT2D eigenvalue weighted by Gasteiger charge is -2.19. The van der Waals surface area contributed by atoms with Crippen molar-refractivity contribution >= 4 is 5.91 Å². The lowest BCUT2D eigenvalue weighted by atomic mass is 10.0. The molecule has 0 saturated carbocycles. The second-order valence-corrected chi connectivity index (χ2v) is 15.5. The highest BCUT2D eigenvalue weighted by atomic mass is 16.3. The van der Waals surface area contributed by atoms with E-state index in [0.717, 1.165) is 38.5 Å². The van der Waals surface area contributed by atoms with Gasteiger partial charge in [-0.25, -0.2) is 0 Å². The van der Waals surface area contributed by atoms with Crippen molar-refractivity contribution in [3.8, 4) is 0 Å². The van der Waals surface area contributed by atoms with E-state index in [9.17, 15) is 15.0 Å². The first-order chi connectivity index (χ1) is 25.7. The van der Waals surface area contributed by atoms with Crippen molar-refractivity contribution in [2.75, 3.05) is 6.61 Å². The normalized spacial score (nSPS) is 13.4. The second-order valence-electron chi connectivity index (χ2n) is 15.5. The fourth-order valence-electron chi connectivity index (χ4n) is 6.78. The highest BCUT2D eigenvalue weighted by Crippen LogP contribution is 2.16. The minimum Gasteiger partial charge on any atom is -0.394 e. The molecule has 3 N–H and O–H groups in total. The molecule has 2 atom stereocenters. The summed E-state index contributed by atoms with van der Waals surface area (Å²) < 4.78 is 0. The minimum absolute atomic E-state index is 0.0745. The van der Waals surface area contributed by atoms with Gasteiger partial charge in [0.1, 0.15) is 0 Å². The summed E-state index contributed by atoms with van der Waals surface area (Å²) in [6.45, 7) is 4.10. The quantitative estimate of drug-likeness (QED) is 0.0434. The predicted octanol–water partition coefficient (Wildman–Crippen LogP) is 14.4. The van der Waals surface area contributed by atoms with Crippen LogP contribution in [0.3, 0.4) is 0 Å². The number of allylic oxidation sites excluding steroid dienone is 7. The number of hydrogen-bond donors (Lipinski definition) is 3. The van der Waals surface area contributed by atoms with Gasteiger partial charge >= 0.3 is 0 Å². The molecule has 0 aliphatic heterocycles. The van der Waals surface area contributed by atoms with Gasteiger partial charge in [0.05, 0.1) is 18.8 Å². The zero-order valence-electron chi connectivity index (χ0n) is 34.8. The maximum atomic E-state index is 12.2. The topological polar surface area (TPSA) is 69.6 Å². The molecular weight excluding hydrogens is 639 g/mol. The number of hydrogen-bond acceptors (Lipinski definition) is 3. The van der Waals surface area contributed by atoms with E-state index in [4.69, 9.17) is 0 Å². The summed E-state index contributed by atoms with van der Waals surface area (Å²) in [5.74, 6) is -0.0745. The molecule has 0 heterocycles. The molecule has 4 nitrogen and oxygen atoms in total. The molecule has 0 radical (unpaired) electrons. The molecule has 304 valence electrons. The standard InChI is InChI=1S/C48H89NO3/c1-3-5-7-8-9-10-11-12-13-14-15-16-17-18-19-20-21-22-23-24-25-26-27-28-29-30-31-32-33-34-35-36-37-38-39-40-42-44-48(52)49-46(45-50)47(51)43-41-6-4-2/h11-12,14-15,17-18,41,43,46-47,50-51H,3-10,13,16,19-40,42,44-45H2,1-2H3,(H,49,52)/b12-11-,15-14-,18-17-,43-41+. The third kappa shape index (κ3) is 39.6. The van der Waals surface area contributed by atoms with Crippen LogP contribution in [-0.4, -0.2) is 34.9 Å². The molecule has 0 fully saturated rings. The van der Waals surface area contributed by atoms with Crippen LogP contribution >= 0.6 is 0 Å². The van der Waals surface area contributed by atoms with Crippen molar-refractivity contribution in [3.05, 3.63) is 48.6 Å². The smallest absolute Gasteiger partial charge is 0.220 e. The Balaban J connectivity index is 3.31. The average molecular weight is 728 g/mol. The zero-order chi connectivity index (χ0) is 37.8. The van der Waals surface area contributed by atoms with E-state index < -0.39 is 12.1 Å². The Morgan fingerprint density at radius 1 is 0.462 bits per heavy atom. The van der Waals surface area contributed by atoms with Crippen molar-refractivity contribution in [3.63, 3.8) is 0 Å². The molecule has 0 bridgehead atoms. The third-order valence-electron chi connectivity index (χ3n) is 10.3. The van der Waals surface area contributed by atoms with Crippen LogP contribution in [0.15, 0.2) is 48.6 Å². The number of amides is 1. The summed E-state index contributed by atoms with van der Waals surface area (Å²) in [5, 5.41) is 22.4. The van der Waals surface area contributed by atoms with Crippen LogP contribution in [0.4, 0.5) is 0 Å². The van der Waals surface area contributed by atoms with Gasteiger partial charge in [-0.05, 0) is 51.4 Å². The third-order valence-corrected chi connectivity index (χ3v) is 10.3. The first kappa shape index (κ1) is 50.4. The Kier molecular flexibility index (Phi) is 42.4. The SMILES string of the molecule is CCC/C=C/C(O)C(CO)NC(=O)CCCCCCCCCCCCCCCCCCCCCCCC/C=C\C/C=C\C/C=C\CCCCCCC. The number of aliphatic hydroxyl groups excluding tert-OH is 2. The van der Waals surface area contributed by atoms with Gasteiger partial charge < -0.3 is 15.5 Å². The van der Waals surface area contributed by atoms with Gasteiger partial charge in [-0.1, -0.05) is 223 Å². The number of unbranched alkanes of at least 4 members (excludes halogenated alkanes) is 28. The number of carbonyl (C=O) groups is 1. The Hall–Kier alpha value is -1.65. The van der Waals surface area contributed by atoms with E-state index in [0.29, 0.717) is 6.42 Å². The molecule has 0 aromatic heterocycles. The monoisotopic (exact) mass is 728 g/mol. The van der Waals surface area contributed by atoms with Crippen molar-refractivity contribution < 1.29 is 15.0 Å². The van der Waals surface area contributed by atoms with Gasteiger partial charge in [-0.15, -0.1) is 0 Å². The molecule has 0 saturated heterocycles. The lowest BCUT2D eigenvalue weighted by molar-refractivity contribution is -0.123. The van der Waals surface area contributed by atoms with Crippen molar-refractivity contribution in [2.45, 2.75) is 244 Å². The first-order valence-electron chi connectivity index (χ1n) is 22.9. The Morgan fingerprint density at radius 2 is 0.827 bits per heavy atom. The molecule has 0 aliphatic carbocycles. The largest absolute Gasteiger partial charge is 0.394 e. The maximum absolute atomic E-state index is 12.2. The van der Waals surface area contributed by atoms with Gasteiger partial charge in [-0.3, -0.25) is 4.79 Å². The molecule has 52 heavy (non-hydrogen) atoms. The lowest BCUT2D eigenvalue weighted by Crippen LogP contribution is -2.45. The Labute approximate surface area is 324 Å². The van der Waals surface area contributed by atoms with Crippen LogP contribution in [-0.2, 0) is 4.79 Å². The fraction of sp³-hybridized carbons (Fsp3) is 0.812. The summed E-state index contributed by atoms with van der Waals surface area (Å²) in [4.78, 5) is 12.2. The van der Waals surface area contributed by atoms with Crippen LogP contribution in [0.1, 0.15) is 232 Å². The van der Waals surface area contributed by atoms with Crippen molar-refractivity contribution in [1.82, 2.24) is 5.32 Å². The molecule has 0 aromatic rings. The Bertz CT molecular complexity index is 831. The van der Waals surface area contributed by atoms with Crippen molar-refractivity contribution in [1.29, 1.82) is 0 Å². The summed E-state index contributed by atoms with van der Waals surface area (Å²) in [6.07, 6.45) is 60.4. The molecule has 1 amide bonds. The van der Waals surface area contributed by atoms with Gasteiger partial charge in [0.2, 0.25) is 5.91 Å². The second kappa shape index (κ2) is 43.8. The van der Waals surface area contributed by atoms with E-state index >= 15 is 0 Å². The number of nitrogens with one attached hydrogen (secondary N) is 1. The molecule has 0 rings (SSSR count). The van der Waals surface area contributed by atoms with E-state index in [1.807, 2.05) is 6.08 Å². The summed E-state index contributed by atoms with van der Waals surface area (Å²) >= 11 is 0. The highest BCUT2D eigenvalue weighted by molar-refractivity contribution is 5.76. The zero-order valence-corrected chi connectivity index (χ0v) is 34.8. The summed E-state index contributed by atoms with van der Waals surface area (Å²) in [6, 6.07) is -0.616. The highest BCUT2D eigenvalue weighted by Gasteiger charge is 2.17. The van der Waals surface area contributed by atoms with Crippen LogP contribution in [0.25, 0.3) is 0 Å². The van der Waals surface area contributed by atoms with E-state index in [2.05, 4.69) is 55.6 Å². The average Bonchev–Trinajstić information content (AvgIpc) is 3.15. The molecular formula is C48H89NO3. The van der Waals surface area contributed by atoms with Crippen LogP contribution in [0.2, 0.25) is 0 Å². The van der Waals surface area contributed by atoms with E-state index in [1.54, 1.807) is 6.08 Å². The summed E-state index contributed by atoms with van der Waals surface area (Å²) in [5.41, 5.74) is 0. The van der Waals surface area contributed by atoms with Gasteiger partial charge in [0.25, 0.3) is 0 Å². The number of rotatable bonds is 41. The molecule has 2 unspecified atom stereocenters. The van der Waals surface area contributed by atoms with E-state index in [-0.39, 0.29) is 12.5 Å². The van der Waals surface area contributed by atoms with Crippen LogP contribution in [0.5, 0.6) is 0 Å². The molecule has 0 aliphatic rings. The molecule has 0 spiro atoms. The predicted molar refractivity (Wildman–Crippen MR) is 230 cm³/mol. The van der Waals surface area contributed by atoms with Crippen LogP contribution < -0.4 is 5.32 Å². The summed E-state index contributed by atoms with van der Waals surface area (Å²) in [7, 11) is 0. The van der Waals surface area contributed by atoms with E-state index in [1.165, 1.54) is 173 Å². The molecule has 4 heteroatoms. The van der Waals surface area contributed by atoms with Gasteiger partial charge in [-0.2, -0.15) is 0 Å².